The predicted molar refractivity (Wildman–Crippen MR) is 256 cm³/mol. The zero-order chi connectivity index (χ0) is 49.7. The van der Waals surface area contributed by atoms with Gasteiger partial charge in [0.15, 0.2) is 0 Å². The number of hydrogen-bond acceptors (Lipinski definition) is 10. The molecule has 13 nitrogen and oxygen atoms in total. The van der Waals surface area contributed by atoms with Crippen LogP contribution < -0.4 is 16.4 Å². The van der Waals surface area contributed by atoms with Crippen LogP contribution in [-0.4, -0.2) is 78.7 Å². The molecule has 0 aliphatic heterocycles. The minimum absolute atomic E-state index is 0.00197. The Bertz CT molecular complexity index is 2330. The Balaban J connectivity index is 0.000000154. The summed E-state index contributed by atoms with van der Waals surface area (Å²) in [6.45, 7) is 5.75. The van der Waals surface area contributed by atoms with E-state index in [9.17, 15) is 28.8 Å². The molecule has 9 fully saturated rings. The summed E-state index contributed by atoms with van der Waals surface area (Å²) in [6, 6.07) is 13.8. The number of carbonyl (C=O) groups is 6. The fourth-order valence-electron chi connectivity index (χ4n) is 11.1. The number of nitrogens with two attached hydrogens (primary N) is 1. The number of nitrogens with one attached hydrogen (secondary N) is 2. The molecule has 0 heterocycles. The highest BCUT2D eigenvalue weighted by atomic mass is 35.5. The standard InChI is InChI=1S/2C16H17Cl2NO3.C9H15NO2.C7H4Cl2O2/c2*1-9(14(21)22-2)15-6-16(7-15,8-15)19-13(20)10-3-4-11(17)12(18)5-10;1-6(7(11)12-2)8-3-9(10,4-8)5-8;8-5-2-1-4(7(10)11)3-6(5)9/h2*3-5,9H,6-8H2,1-2H3,(H,19,20);6H,3-5,10H2,1-2H3;1-3H,(H,10,11)/t2*9-,15?,16?;;/m10../s1. The molecule has 19 heteroatoms. The number of halogens is 6. The van der Waals surface area contributed by atoms with Crippen LogP contribution in [0.4, 0.5) is 0 Å². The first-order valence-corrected chi connectivity index (χ1v) is 23.8. The van der Waals surface area contributed by atoms with Crippen molar-refractivity contribution in [3.05, 3.63) is 101 Å². The van der Waals surface area contributed by atoms with E-state index in [2.05, 4.69) is 10.6 Å². The number of carboxylic acids is 1. The van der Waals surface area contributed by atoms with E-state index in [0.717, 1.165) is 57.8 Å². The summed E-state index contributed by atoms with van der Waals surface area (Å²) in [5.74, 6) is -1.97. The predicted octanol–water partition coefficient (Wildman–Crippen LogP) is 10.3. The number of hydrogen-bond donors (Lipinski definition) is 4. The van der Waals surface area contributed by atoms with Crippen LogP contribution in [-0.2, 0) is 28.6 Å². The van der Waals surface area contributed by atoms with E-state index in [0.29, 0.717) is 36.2 Å². The minimum Gasteiger partial charge on any atom is -0.478 e. The highest BCUT2D eigenvalue weighted by Gasteiger charge is 2.72. The molecule has 1 unspecified atom stereocenters. The number of esters is 3. The Morgan fingerprint density at radius 3 is 1.01 bits per heavy atom. The van der Waals surface area contributed by atoms with Crippen molar-refractivity contribution in [3.8, 4) is 0 Å². The molecule has 0 radical (unpaired) electrons. The molecule has 0 spiro atoms. The van der Waals surface area contributed by atoms with Gasteiger partial charge in [-0.2, -0.15) is 0 Å². The van der Waals surface area contributed by atoms with Crippen LogP contribution in [0.5, 0.6) is 0 Å². The molecule has 6 bridgehead atoms. The molecular formula is C48H53Cl6N3O10. The first-order chi connectivity index (χ1) is 31.2. The van der Waals surface area contributed by atoms with Gasteiger partial charge in [0.1, 0.15) is 0 Å². The largest absolute Gasteiger partial charge is 0.478 e. The van der Waals surface area contributed by atoms with E-state index < -0.39 is 5.97 Å². The summed E-state index contributed by atoms with van der Waals surface area (Å²) in [5.41, 5.74) is 6.97. The third kappa shape index (κ3) is 10.4. The lowest BCUT2D eigenvalue weighted by atomic mass is 9.36. The van der Waals surface area contributed by atoms with Gasteiger partial charge in [-0.1, -0.05) is 90.4 Å². The number of aromatic carboxylic acids is 1. The van der Waals surface area contributed by atoms with Crippen molar-refractivity contribution < 1.29 is 48.1 Å². The third-order valence-electron chi connectivity index (χ3n) is 15.0. The van der Waals surface area contributed by atoms with E-state index >= 15 is 0 Å². The summed E-state index contributed by atoms with van der Waals surface area (Å²) in [6.07, 6.45) is 7.97. The summed E-state index contributed by atoms with van der Waals surface area (Å²) >= 11 is 34.7. The van der Waals surface area contributed by atoms with Crippen LogP contribution in [0.1, 0.15) is 110 Å². The Morgan fingerprint density at radius 2 is 0.761 bits per heavy atom. The normalized spacial score (nSPS) is 29.3. The van der Waals surface area contributed by atoms with E-state index in [-0.39, 0.29) is 90.9 Å². The van der Waals surface area contributed by atoms with Gasteiger partial charge in [0, 0.05) is 27.7 Å². The monoisotopic (exact) mass is 1040 g/mol. The average molecular weight is 1040 g/mol. The smallest absolute Gasteiger partial charge is 0.335 e. The van der Waals surface area contributed by atoms with Gasteiger partial charge >= 0.3 is 23.9 Å². The molecule has 67 heavy (non-hydrogen) atoms. The van der Waals surface area contributed by atoms with Gasteiger partial charge in [-0.25, -0.2) is 4.79 Å². The maximum atomic E-state index is 12.3. The quantitative estimate of drug-likeness (QED) is 0.105. The SMILES string of the molecule is COC(=O)C(C)C12CC(N)(C1)C2.COC(=O)[C@@H](C)C12CC(NC(=O)c3ccc(Cl)c(Cl)c3)(C1)C2.COC(=O)[C@H](C)C12CC(NC(=O)c3ccc(Cl)c(Cl)c3)(C1)C2.O=C(O)c1ccc(Cl)c(Cl)c1. The number of rotatable bonds is 11. The molecule has 3 aromatic rings. The second kappa shape index (κ2) is 19.5. The first-order valence-electron chi connectivity index (χ1n) is 21.5. The molecule has 2 amide bonds. The summed E-state index contributed by atoms with van der Waals surface area (Å²) in [5, 5.41) is 16.8. The van der Waals surface area contributed by atoms with Crippen molar-refractivity contribution in [1.82, 2.24) is 10.6 Å². The Labute approximate surface area is 419 Å². The maximum absolute atomic E-state index is 12.3. The van der Waals surface area contributed by atoms with Crippen LogP contribution in [0, 0.1) is 34.0 Å². The van der Waals surface area contributed by atoms with Crippen LogP contribution >= 0.6 is 69.6 Å². The second-order valence-corrected chi connectivity index (χ2v) is 21.9. The summed E-state index contributed by atoms with van der Waals surface area (Å²) in [4.78, 5) is 69.5. The number of ether oxygens (including phenoxy) is 3. The van der Waals surface area contributed by atoms with Crippen molar-refractivity contribution in [1.29, 1.82) is 0 Å². The Hall–Kier alpha value is -3.82. The van der Waals surface area contributed by atoms with E-state index in [1.54, 1.807) is 36.4 Å². The molecule has 9 saturated carbocycles. The number of methoxy groups -OCH3 is 3. The van der Waals surface area contributed by atoms with Crippen LogP contribution in [0.15, 0.2) is 54.6 Å². The fourth-order valence-corrected chi connectivity index (χ4v) is 12.0. The van der Waals surface area contributed by atoms with E-state index in [1.807, 2.05) is 20.8 Å². The number of carbonyl (C=O) groups excluding carboxylic acids is 5. The van der Waals surface area contributed by atoms with Gasteiger partial charge in [0.25, 0.3) is 11.8 Å². The molecule has 5 N–H and O–H groups in total. The minimum atomic E-state index is -1.01. The number of benzene rings is 3. The highest BCUT2D eigenvalue weighted by Crippen LogP contribution is 2.72. The molecule has 9 aliphatic carbocycles. The van der Waals surface area contributed by atoms with Crippen LogP contribution in [0.2, 0.25) is 30.1 Å². The molecule has 362 valence electrons. The molecular weight excluding hydrogens is 991 g/mol. The summed E-state index contributed by atoms with van der Waals surface area (Å²) in [7, 11) is 4.26. The fraction of sp³-hybridized carbons (Fsp3) is 0.500. The van der Waals surface area contributed by atoms with Crippen LogP contribution in [0.25, 0.3) is 0 Å². The zero-order valence-corrected chi connectivity index (χ0v) is 42.3. The first kappa shape index (κ1) is 52.5. The van der Waals surface area contributed by atoms with Gasteiger partial charge in [0.2, 0.25) is 0 Å². The maximum Gasteiger partial charge on any atom is 0.335 e. The van der Waals surface area contributed by atoms with Crippen molar-refractivity contribution in [2.24, 2.45) is 39.7 Å². The molecule has 3 aromatic carbocycles. The highest BCUT2D eigenvalue weighted by molar-refractivity contribution is 6.43. The van der Waals surface area contributed by atoms with Gasteiger partial charge in [0.05, 0.1) is 74.8 Å². The number of carboxylic acid groups (broad SMARTS) is 1. The lowest BCUT2D eigenvalue weighted by molar-refractivity contribution is -0.198. The Kier molecular flexibility index (Phi) is 15.3. The molecule has 3 atom stereocenters. The van der Waals surface area contributed by atoms with Crippen LogP contribution in [0.3, 0.4) is 0 Å². The molecule has 12 rings (SSSR count). The number of amides is 2. The molecule has 0 aromatic heterocycles. The molecule has 9 aliphatic rings. The zero-order valence-electron chi connectivity index (χ0n) is 37.8. The summed E-state index contributed by atoms with van der Waals surface area (Å²) < 4.78 is 14.3. The van der Waals surface area contributed by atoms with E-state index in [4.69, 9.17) is 94.7 Å². The van der Waals surface area contributed by atoms with Crippen molar-refractivity contribution >= 4 is 105 Å². The average Bonchev–Trinajstić information content (AvgIpc) is 3.22. The second-order valence-electron chi connectivity index (χ2n) is 19.4. The lowest BCUT2D eigenvalue weighted by Crippen LogP contribution is -2.77. The topological polar surface area (TPSA) is 200 Å². The van der Waals surface area contributed by atoms with Gasteiger partial charge in [-0.3, -0.25) is 24.0 Å². The van der Waals surface area contributed by atoms with E-state index in [1.165, 1.54) is 39.5 Å². The van der Waals surface area contributed by atoms with Gasteiger partial charge < -0.3 is 35.7 Å². The van der Waals surface area contributed by atoms with Gasteiger partial charge in [-0.05, 0) is 129 Å². The Morgan fingerprint density at radius 1 is 0.493 bits per heavy atom. The van der Waals surface area contributed by atoms with Crippen molar-refractivity contribution in [2.45, 2.75) is 95.2 Å². The van der Waals surface area contributed by atoms with Gasteiger partial charge in [-0.15, -0.1) is 0 Å². The third-order valence-corrected chi connectivity index (χ3v) is 17.2. The van der Waals surface area contributed by atoms with Crippen molar-refractivity contribution in [2.75, 3.05) is 21.3 Å². The molecule has 0 saturated heterocycles. The lowest BCUT2D eigenvalue weighted by Gasteiger charge is -2.72. The van der Waals surface area contributed by atoms with Crippen molar-refractivity contribution in [3.63, 3.8) is 0 Å².